The molecule has 0 radical (unpaired) electrons. The van der Waals surface area contributed by atoms with E-state index in [1.54, 1.807) is 0 Å². The summed E-state index contributed by atoms with van der Waals surface area (Å²) in [6.45, 7) is 4.13. The molecule has 0 atom stereocenters. The fourth-order valence-corrected chi connectivity index (χ4v) is 5.83. The van der Waals surface area contributed by atoms with Crippen LogP contribution in [0.25, 0.3) is 11.2 Å². The van der Waals surface area contributed by atoms with Crippen molar-refractivity contribution >= 4 is 22.9 Å². The molecule has 0 bridgehead atoms. The molecule has 1 aliphatic heterocycles. The molecule has 5 rings (SSSR count). The van der Waals surface area contributed by atoms with Crippen molar-refractivity contribution in [3.05, 3.63) is 6.33 Å². The van der Waals surface area contributed by atoms with Crippen LogP contribution in [-0.4, -0.2) is 87.1 Å². The quantitative estimate of drug-likeness (QED) is 0.375. The zero-order valence-corrected chi connectivity index (χ0v) is 20.9. The molecular weight excluding hydrogens is 444 g/mol. The Kier molecular flexibility index (Phi) is 8.33. The SMILES string of the molecule is NC1CCC(Nc2nc(NC3CCN(CCOCCO)CC3)nc3c2ncn3C2CCCC2)CC1. The maximum Gasteiger partial charge on any atom is 0.227 e. The van der Waals surface area contributed by atoms with Gasteiger partial charge in [0.15, 0.2) is 17.0 Å². The number of aliphatic hydroxyl groups is 1. The number of ether oxygens (including phenoxy) is 1. The smallest absolute Gasteiger partial charge is 0.227 e. The fourth-order valence-electron chi connectivity index (χ4n) is 5.83. The second-order valence-electron chi connectivity index (χ2n) is 10.5. The average Bonchev–Trinajstić information content (AvgIpc) is 3.54. The Balaban J connectivity index is 1.28. The Morgan fingerprint density at radius 1 is 0.943 bits per heavy atom. The summed E-state index contributed by atoms with van der Waals surface area (Å²) in [5.74, 6) is 1.56. The fraction of sp³-hybridized carbons (Fsp3) is 0.800. The van der Waals surface area contributed by atoms with Gasteiger partial charge in [0.2, 0.25) is 5.95 Å². The first-order chi connectivity index (χ1) is 17.2. The van der Waals surface area contributed by atoms with E-state index in [0.717, 1.165) is 75.1 Å². The molecule has 0 spiro atoms. The van der Waals surface area contributed by atoms with Crippen LogP contribution in [0.1, 0.15) is 70.3 Å². The zero-order chi connectivity index (χ0) is 24.0. The first-order valence-electron chi connectivity index (χ1n) is 13.6. The van der Waals surface area contributed by atoms with Crippen LogP contribution in [0.5, 0.6) is 0 Å². The molecule has 0 aromatic carbocycles. The van der Waals surface area contributed by atoms with Gasteiger partial charge in [-0.3, -0.25) is 0 Å². The van der Waals surface area contributed by atoms with Crippen molar-refractivity contribution < 1.29 is 9.84 Å². The van der Waals surface area contributed by atoms with E-state index in [2.05, 4.69) is 20.1 Å². The van der Waals surface area contributed by atoms with Crippen LogP contribution in [0.4, 0.5) is 11.8 Å². The number of piperidine rings is 1. The molecule has 35 heavy (non-hydrogen) atoms. The summed E-state index contributed by atoms with van der Waals surface area (Å²) in [6.07, 6.45) is 13.3. The average molecular weight is 487 g/mol. The van der Waals surface area contributed by atoms with Crippen LogP contribution >= 0.6 is 0 Å². The highest BCUT2D eigenvalue weighted by atomic mass is 16.5. The lowest BCUT2D eigenvalue weighted by Gasteiger charge is -2.32. The second-order valence-corrected chi connectivity index (χ2v) is 10.5. The Hall–Kier alpha value is -2.01. The first kappa shape index (κ1) is 24.7. The van der Waals surface area contributed by atoms with Crippen LogP contribution in [-0.2, 0) is 4.74 Å². The van der Waals surface area contributed by atoms with E-state index in [4.69, 9.17) is 30.5 Å². The van der Waals surface area contributed by atoms with E-state index in [9.17, 15) is 0 Å². The maximum atomic E-state index is 8.86. The van der Waals surface area contributed by atoms with E-state index in [1.165, 1.54) is 25.7 Å². The minimum absolute atomic E-state index is 0.0844. The second kappa shape index (κ2) is 11.8. The number of hydrogen-bond donors (Lipinski definition) is 4. The van der Waals surface area contributed by atoms with Crippen LogP contribution < -0.4 is 16.4 Å². The number of nitrogens with zero attached hydrogens (tertiary/aromatic N) is 5. The standard InChI is InChI=1S/C25H42N8O2/c26-18-5-7-19(8-6-18)28-23-22-24(33(17-27-22)21-3-1-2-4-21)31-25(30-23)29-20-9-11-32(12-10-20)13-15-35-16-14-34/h17-21,34H,1-16,26H2,(H2,28,29,30,31). The normalized spacial score (nSPS) is 24.9. The number of nitrogens with one attached hydrogen (secondary N) is 2. The molecule has 2 aromatic rings. The molecule has 3 heterocycles. The van der Waals surface area contributed by atoms with Crippen LogP contribution in [0, 0.1) is 0 Å². The first-order valence-corrected chi connectivity index (χ1v) is 13.6. The summed E-state index contributed by atoms with van der Waals surface area (Å²) in [4.78, 5) is 17.1. The highest BCUT2D eigenvalue weighted by molar-refractivity contribution is 5.84. The number of imidazole rings is 1. The number of fused-ring (bicyclic) bond motifs is 1. The van der Waals surface area contributed by atoms with Gasteiger partial charge in [0.25, 0.3) is 0 Å². The van der Waals surface area contributed by atoms with E-state index in [1.807, 2.05) is 6.33 Å². The minimum atomic E-state index is 0.0844. The molecular formula is C25H42N8O2. The van der Waals surface area contributed by atoms with Crippen molar-refractivity contribution in [2.45, 2.75) is 88.4 Å². The predicted octanol–water partition coefficient (Wildman–Crippen LogP) is 2.51. The summed E-state index contributed by atoms with van der Waals surface area (Å²) in [7, 11) is 0. The Labute approximate surface area is 208 Å². The number of aliphatic hydroxyl groups excluding tert-OH is 1. The van der Waals surface area contributed by atoms with Crippen LogP contribution in [0.15, 0.2) is 6.33 Å². The van der Waals surface area contributed by atoms with Crippen LogP contribution in [0.3, 0.4) is 0 Å². The van der Waals surface area contributed by atoms with Gasteiger partial charge in [-0.05, 0) is 51.4 Å². The number of nitrogens with two attached hydrogens (primary N) is 1. The topological polar surface area (TPSA) is 126 Å². The number of anilines is 2. The van der Waals surface area contributed by atoms with Gasteiger partial charge in [-0.2, -0.15) is 9.97 Å². The molecule has 10 nitrogen and oxygen atoms in total. The molecule has 0 unspecified atom stereocenters. The van der Waals surface area contributed by atoms with Gasteiger partial charge in [-0.1, -0.05) is 12.8 Å². The third-order valence-electron chi connectivity index (χ3n) is 7.96. The summed E-state index contributed by atoms with van der Waals surface area (Å²) in [5, 5.41) is 16.2. The lowest BCUT2D eigenvalue weighted by molar-refractivity contribution is 0.0687. The molecule has 2 aromatic heterocycles. The minimum Gasteiger partial charge on any atom is -0.394 e. The molecule has 1 saturated heterocycles. The molecule has 5 N–H and O–H groups in total. The zero-order valence-electron chi connectivity index (χ0n) is 20.9. The van der Waals surface area contributed by atoms with E-state index < -0.39 is 0 Å². The van der Waals surface area contributed by atoms with Crippen molar-refractivity contribution in [1.82, 2.24) is 24.4 Å². The lowest BCUT2D eigenvalue weighted by atomic mass is 9.92. The summed E-state index contributed by atoms with van der Waals surface area (Å²) >= 11 is 0. The monoisotopic (exact) mass is 486 g/mol. The van der Waals surface area contributed by atoms with Crippen molar-refractivity contribution in [2.75, 3.05) is 50.1 Å². The summed E-state index contributed by atoms with van der Waals surface area (Å²) in [5.41, 5.74) is 7.96. The third-order valence-corrected chi connectivity index (χ3v) is 7.96. The summed E-state index contributed by atoms with van der Waals surface area (Å²) < 4.78 is 7.71. The predicted molar refractivity (Wildman–Crippen MR) is 138 cm³/mol. The Morgan fingerprint density at radius 3 is 2.43 bits per heavy atom. The maximum absolute atomic E-state index is 8.86. The van der Waals surface area contributed by atoms with Crippen molar-refractivity contribution in [2.24, 2.45) is 5.73 Å². The highest BCUT2D eigenvalue weighted by Crippen LogP contribution is 2.34. The lowest BCUT2D eigenvalue weighted by Crippen LogP contribution is -2.41. The van der Waals surface area contributed by atoms with Gasteiger partial charge in [-0.15, -0.1) is 0 Å². The number of aromatic nitrogens is 4. The number of rotatable bonds is 10. The van der Waals surface area contributed by atoms with E-state index in [0.29, 0.717) is 43.3 Å². The van der Waals surface area contributed by atoms with Gasteiger partial charge >= 0.3 is 0 Å². The highest BCUT2D eigenvalue weighted by Gasteiger charge is 2.26. The largest absolute Gasteiger partial charge is 0.394 e. The van der Waals surface area contributed by atoms with E-state index in [-0.39, 0.29) is 6.61 Å². The van der Waals surface area contributed by atoms with Crippen molar-refractivity contribution in [1.29, 1.82) is 0 Å². The van der Waals surface area contributed by atoms with Gasteiger partial charge in [0, 0.05) is 43.8 Å². The van der Waals surface area contributed by atoms with Crippen molar-refractivity contribution in [3.8, 4) is 0 Å². The number of hydrogen-bond acceptors (Lipinski definition) is 9. The third kappa shape index (κ3) is 6.22. The number of likely N-dealkylation sites (tertiary alicyclic amines) is 1. The molecule has 3 fully saturated rings. The molecule has 0 amide bonds. The van der Waals surface area contributed by atoms with Crippen molar-refractivity contribution in [3.63, 3.8) is 0 Å². The molecule has 2 saturated carbocycles. The molecule has 2 aliphatic carbocycles. The molecule has 10 heteroatoms. The molecule has 3 aliphatic rings. The summed E-state index contributed by atoms with van der Waals surface area (Å²) in [6, 6.07) is 1.54. The van der Waals surface area contributed by atoms with E-state index >= 15 is 0 Å². The Morgan fingerprint density at radius 2 is 1.69 bits per heavy atom. The van der Waals surface area contributed by atoms with Gasteiger partial charge < -0.3 is 35.7 Å². The van der Waals surface area contributed by atoms with Crippen LogP contribution in [0.2, 0.25) is 0 Å². The van der Waals surface area contributed by atoms with Gasteiger partial charge in [0.1, 0.15) is 0 Å². The van der Waals surface area contributed by atoms with Gasteiger partial charge in [-0.25, -0.2) is 4.98 Å². The van der Waals surface area contributed by atoms with Gasteiger partial charge in [0.05, 0.1) is 26.1 Å². The Bertz CT molecular complexity index is 931. The molecule has 194 valence electrons.